The van der Waals surface area contributed by atoms with Crippen molar-refractivity contribution in [2.24, 2.45) is 0 Å². The molecule has 6 heteroatoms. The Bertz CT molecular complexity index is 617. The number of halogens is 4. The van der Waals surface area contributed by atoms with E-state index in [0.29, 0.717) is 22.2 Å². The van der Waals surface area contributed by atoms with Gasteiger partial charge in [0.15, 0.2) is 0 Å². The standard InChI is InChI=1S/C14H9Cl4NO/c15-7-8-1-3-9(4-2-8)14(20)19-13-11(17)5-10(16)6-12(13)18/h1-6H,7H2,(H,19,20). The summed E-state index contributed by atoms with van der Waals surface area (Å²) in [5.74, 6) is 0.0914. The predicted molar refractivity (Wildman–Crippen MR) is 85.4 cm³/mol. The lowest BCUT2D eigenvalue weighted by Gasteiger charge is -2.10. The second-order valence-corrected chi connectivity index (χ2v) is 5.55. The van der Waals surface area contributed by atoms with E-state index in [9.17, 15) is 4.79 Å². The molecule has 0 bridgehead atoms. The summed E-state index contributed by atoms with van der Waals surface area (Å²) < 4.78 is 0. The number of hydrogen-bond donors (Lipinski definition) is 1. The van der Waals surface area contributed by atoms with Crippen LogP contribution in [0.3, 0.4) is 0 Å². The van der Waals surface area contributed by atoms with Gasteiger partial charge < -0.3 is 5.32 Å². The summed E-state index contributed by atoms with van der Waals surface area (Å²) in [7, 11) is 0. The number of rotatable bonds is 3. The summed E-state index contributed by atoms with van der Waals surface area (Å²) in [5.41, 5.74) is 1.76. The average molecular weight is 349 g/mol. The van der Waals surface area contributed by atoms with E-state index in [0.717, 1.165) is 5.56 Å². The van der Waals surface area contributed by atoms with Gasteiger partial charge in [0.2, 0.25) is 0 Å². The molecular weight excluding hydrogens is 340 g/mol. The van der Waals surface area contributed by atoms with E-state index < -0.39 is 0 Å². The third-order valence-corrected chi connectivity index (χ3v) is 3.74. The first-order valence-electron chi connectivity index (χ1n) is 5.62. The molecule has 104 valence electrons. The van der Waals surface area contributed by atoms with Crippen LogP contribution in [0, 0.1) is 0 Å². The van der Waals surface area contributed by atoms with Crippen LogP contribution < -0.4 is 5.32 Å². The van der Waals surface area contributed by atoms with Gasteiger partial charge in [-0.1, -0.05) is 46.9 Å². The van der Waals surface area contributed by atoms with Crippen molar-refractivity contribution in [3.8, 4) is 0 Å². The lowest BCUT2D eigenvalue weighted by Crippen LogP contribution is -2.12. The molecule has 0 unspecified atom stereocenters. The number of anilines is 1. The van der Waals surface area contributed by atoms with Crippen LogP contribution >= 0.6 is 46.4 Å². The zero-order valence-electron chi connectivity index (χ0n) is 10.1. The number of carbonyl (C=O) groups is 1. The van der Waals surface area contributed by atoms with Gasteiger partial charge >= 0.3 is 0 Å². The number of nitrogens with one attached hydrogen (secondary N) is 1. The molecule has 0 spiro atoms. The van der Waals surface area contributed by atoms with Crippen LogP contribution in [0.4, 0.5) is 5.69 Å². The summed E-state index contributed by atoms with van der Waals surface area (Å²) >= 11 is 23.5. The minimum atomic E-state index is -0.308. The molecule has 1 N–H and O–H groups in total. The normalized spacial score (nSPS) is 10.4. The zero-order valence-corrected chi connectivity index (χ0v) is 13.1. The van der Waals surface area contributed by atoms with Crippen molar-refractivity contribution in [3.05, 3.63) is 62.6 Å². The Morgan fingerprint density at radius 2 is 1.55 bits per heavy atom. The van der Waals surface area contributed by atoms with Crippen LogP contribution in [0.25, 0.3) is 0 Å². The Hall–Kier alpha value is -0.930. The van der Waals surface area contributed by atoms with Gasteiger partial charge in [-0.25, -0.2) is 0 Å². The molecule has 20 heavy (non-hydrogen) atoms. The SMILES string of the molecule is O=C(Nc1c(Cl)cc(Cl)cc1Cl)c1ccc(CCl)cc1. The van der Waals surface area contributed by atoms with E-state index in [1.807, 2.05) is 0 Å². The fourth-order valence-corrected chi connectivity index (χ4v) is 2.68. The lowest BCUT2D eigenvalue weighted by molar-refractivity contribution is 0.102. The highest BCUT2D eigenvalue weighted by Crippen LogP contribution is 2.33. The largest absolute Gasteiger partial charge is 0.319 e. The topological polar surface area (TPSA) is 29.1 Å². The van der Waals surface area contributed by atoms with Crippen LogP contribution in [0.2, 0.25) is 15.1 Å². The first-order valence-corrected chi connectivity index (χ1v) is 7.29. The molecule has 0 aromatic heterocycles. The van der Waals surface area contributed by atoms with Crippen molar-refractivity contribution in [1.82, 2.24) is 0 Å². The molecule has 2 nitrogen and oxygen atoms in total. The van der Waals surface area contributed by atoms with Crippen molar-refractivity contribution in [3.63, 3.8) is 0 Å². The molecule has 2 rings (SSSR count). The van der Waals surface area contributed by atoms with Gasteiger partial charge in [-0.05, 0) is 29.8 Å². The summed E-state index contributed by atoms with van der Waals surface area (Å²) in [6, 6.07) is 9.97. The minimum absolute atomic E-state index is 0.285. The zero-order chi connectivity index (χ0) is 14.7. The Morgan fingerprint density at radius 1 is 1.00 bits per heavy atom. The quantitative estimate of drug-likeness (QED) is 0.714. The van der Waals surface area contributed by atoms with E-state index in [-0.39, 0.29) is 16.0 Å². The van der Waals surface area contributed by atoms with Gasteiger partial charge in [0, 0.05) is 16.5 Å². The first-order chi connectivity index (χ1) is 9.51. The predicted octanol–water partition coefficient (Wildman–Crippen LogP) is 5.64. The van der Waals surface area contributed by atoms with Crippen LogP contribution in [0.1, 0.15) is 15.9 Å². The van der Waals surface area contributed by atoms with Gasteiger partial charge in [0.25, 0.3) is 5.91 Å². The molecule has 0 heterocycles. The van der Waals surface area contributed by atoms with E-state index >= 15 is 0 Å². The Balaban J connectivity index is 2.23. The molecule has 2 aromatic rings. The molecule has 0 saturated heterocycles. The number of carbonyl (C=O) groups excluding carboxylic acids is 1. The van der Waals surface area contributed by atoms with Gasteiger partial charge in [-0.3, -0.25) is 4.79 Å². The number of amides is 1. The summed E-state index contributed by atoms with van der Waals surface area (Å²) in [5, 5.41) is 3.64. The third kappa shape index (κ3) is 3.58. The average Bonchev–Trinajstić information content (AvgIpc) is 2.42. The minimum Gasteiger partial charge on any atom is -0.319 e. The Morgan fingerprint density at radius 3 is 2.05 bits per heavy atom. The van der Waals surface area contributed by atoms with E-state index in [4.69, 9.17) is 46.4 Å². The fourth-order valence-electron chi connectivity index (χ4n) is 1.59. The second kappa shape index (κ2) is 6.68. The van der Waals surface area contributed by atoms with Crippen LogP contribution in [-0.4, -0.2) is 5.91 Å². The lowest BCUT2D eigenvalue weighted by atomic mass is 10.1. The molecule has 0 atom stereocenters. The van der Waals surface area contributed by atoms with Crippen molar-refractivity contribution < 1.29 is 4.79 Å². The van der Waals surface area contributed by atoms with E-state index in [2.05, 4.69) is 5.32 Å². The molecule has 1 amide bonds. The van der Waals surface area contributed by atoms with Gasteiger partial charge in [-0.2, -0.15) is 0 Å². The van der Waals surface area contributed by atoms with Crippen molar-refractivity contribution in [2.45, 2.75) is 5.88 Å². The second-order valence-electron chi connectivity index (χ2n) is 4.03. The number of alkyl halides is 1. The van der Waals surface area contributed by atoms with E-state index in [1.165, 1.54) is 12.1 Å². The Kier molecular flexibility index (Phi) is 5.17. The van der Waals surface area contributed by atoms with Crippen LogP contribution in [0.15, 0.2) is 36.4 Å². The summed E-state index contributed by atoms with van der Waals surface area (Å²) in [6.07, 6.45) is 0. The van der Waals surface area contributed by atoms with Crippen molar-refractivity contribution in [2.75, 3.05) is 5.32 Å². The number of benzene rings is 2. The smallest absolute Gasteiger partial charge is 0.255 e. The summed E-state index contributed by atoms with van der Waals surface area (Å²) in [4.78, 5) is 12.1. The van der Waals surface area contributed by atoms with Crippen LogP contribution in [-0.2, 0) is 5.88 Å². The monoisotopic (exact) mass is 347 g/mol. The molecule has 0 aliphatic carbocycles. The van der Waals surface area contributed by atoms with E-state index in [1.54, 1.807) is 24.3 Å². The molecule has 0 aliphatic rings. The van der Waals surface area contributed by atoms with Gasteiger partial charge in [-0.15, -0.1) is 11.6 Å². The van der Waals surface area contributed by atoms with Crippen molar-refractivity contribution >= 4 is 58.0 Å². The van der Waals surface area contributed by atoms with Crippen LogP contribution in [0.5, 0.6) is 0 Å². The highest BCUT2D eigenvalue weighted by Gasteiger charge is 2.12. The molecule has 0 radical (unpaired) electrons. The Labute approximate surface area is 136 Å². The first kappa shape index (κ1) is 15.5. The van der Waals surface area contributed by atoms with Crippen molar-refractivity contribution in [1.29, 1.82) is 0 Å². The maximum atomic E-state index is 12.1. The molecule has 0 aliphatic heterocycles. The van der Waals surface area contributed by atoms with Gasteiger partial charge in [0.1, 0.15) is 0 Å². The number of hydrogen-bond acceptors (Lipinski definition) is 1. The third-order valence-electron chi connectivity index (χ3n) is 2.62. The summed E-state index contributed by atoms with van der Waals surface area (Å²) in [6.45, 7) is 0. The molecule has 0 saturated carbocycles. The maximum absolute atomic E-state index is 12.1. The van der Waals surface area contributed by atoms with Gasteiger partial charge in [0.05, 0.1) is 15.7 Å². The fraction of sp³-hybridized carbons (Fsp3) is 0.0714. The molecule has 2 aromatic carbocycles. The highest BCUT2D eigenvalue weighted by molar-refractivity contribution is 6.42. The highest BCUT2D eigenvalue weighted by atomic mass is 35.5. The molecular formula is C14H9Cl4NO. The maximum Gasteiger partial charge on any atom is 0.255 e. The molecule has 0 fully saturated rings.